The largest absolute Gasteiger partial charge is 0.309 e. The fourth-order valence-electron chi connectivity index (χ4n) is 7.66. The van der Waals surface area contributed by atoms with Crippen LogP contribution in [0.1, 0.15) is 0 Å². The van der Waals surface area contributed by atoms with Crippen molar-refractivity contribution >= 4 is 70.4 Å². The highest BCUT2D eigenvalue weighted by Gasteiger charge is 2.19. The highest BCUT2D eigenvalue weighted by Crippen LogP contribution is 2.45. The third-order valence-corrected chi connectivity index (χ3v) is 11.2. The molecule has 240 valence electrons. The van der Waals surface area contributed by atoms with Gasteiger partial charge in [0.25, 0.3) is 0 Å². The minimum Gasteiger partial charge on any atom is -0.309 e. The number of fused-ring (bicyclic) bond motifs is 6. The molecule has 0 unspecified atom stereocenters. The lowest BCUT2D eigenvalue weighted by Crippen LogP contribution is -2.09. The summed E-state index contributed by atoms with van der Waals surface area (Å²) < 4.78 is 5.03. The minimum atomic E-state index is 1.12. The van der Waals surface area contributed by atoms with Crippen molar-refractivity contribution in [2.75, 3.05) is 4.90 Å². The minimum absolute atomic E-state index is 1.12. The molecule has 0 saturated carbocycles. The van der Waals surface area contributed by atoms with Gasteiger partial charge in [0.05, 0.1) is 27.1 Å². The lowest BCUT2D eigenvalue weighted by molar-refractivity contribution is 1.18. The average Bonchev–Trinajstić information content (AvgIpc) is 3.75. The smallest absolute Gasteiger partial charge is 0.0640 e. The molecule has 3 heteroatoms. The monoisotopic (exact) mass is 668 g/mol. The molecule has 51 heavy (non-hydrogen) atoms. The van der Waals surface area contributed by atoms with Crippen LogP contribution >= 0.6 is 11.3 Å². The van der Waals surface area contributed by atoms with Gasteiger partial charge >= 0.3 is 0 Å². The first-order valence-electron chi connectivity index (χ1n) is 17.4. The highest BCUT2D eigenvalue weighted by atomic mass is 32.1. The van der Waals surface area contributed by atoms with Gasteiger partial charge in [0.15, 0.2) is 0 Å². The Labute approximate surface area is 300 Å². The summed E-state index contributed by atoms with van der Waals surface area (Å²) in [5, 5.41) is 5.11. The van der Waals surface area contributed by atoms with Gasteiger partial charge in [-0.15, -0.1) is 11.3 Å². The molecule has 0 aliphatic heterocycles. The fourth-order valence-corrected chi connectivity index (χ4v) is 8.86. The predicted molar refractivity (Wildman–Crippen MR) is 219 cm³/mol. The standard InChI is InChI=1S/C48H32N2S/c1-3-14-33(15-4-1)35-28-31-45-42(32-35)39-19-8-11-23-44(39)50(45)43-22-10-7-18-38(43)34-26-29-37(30-27-34)49(36-16-5-2-6-17-36)46-24-13-21-41-40-20-9-12-25-47(40)51-48(41)46/h1-32H. The number of aromatic nitrogens is 1. The number of thiophene rings is 1. The first-order chi connectivity index (χ1) is 25.3. The third kappa shape index (κ3) is 4.93. The van der Waals surface area contributed by atoms with Crippen LogP contribution < -0.4 is 4.90 Å². The van der Waals surface area contributed by atoms with Crippen LogP contribution in [-0.2, 0) is 0 Å². The summed E-state index contributed by atoms with van der Waals surface area (Å²) >= 11 is 1.86. The van der Waals surface area contributed by atoms with Crippen molar-refractivity contribution in [1.29, 1.82) is 0 Å². The van der Waals surface area contributed by atoms with Crippen LogP contribution in [0.2, 0.25) is 0 Å². The summed E-state index contributed by atoms with van der Waals surface area (Å²) in [7, 11) is 0. The summed E-state index contributed by atoms with van der Waals surface area (Å²) in [6.45, 7) is 0. The van der Waals surface area contributed by atoms with Crippen molar-refractivity contribution in [1.82, 2.24) is 4.57 Å². The second-order valence-electron chi connectivity index (χ2n) is 12.9. The third-order valence-electron chi connectivity index (χ3n) is 10.00. The van der Waals surface area contributed by atoms with Gasteiger partial charge in [-0.3, -0.25) is 0 Å². The zero-order chi connectivity index (χ0) is 33.7. The lowest BCUT2D eigenvalue weighted by atomic mass is 10.0. The Hall–Kier alpha value is -6.42. The van der Waals surface area contributed by atoms with Crippen LogP contribution in [-0.4, -0.2) is 4.57 Å². The quantitative estimate of drug-likeness (QED) is 0.171. The van der Waals surface area contributed by atoms with E-state index in [1.807, 2.05) is 11.3 Å². The molecule has 0 bridgehead atoms. The Morgan fingerprint density at radius 3 is 1.86 bits per heavy atom. The molecule has 0 N–H and O–H groups in total. The molecule has 0 radical (unpaired) electrons. The second kappa shape index (κ2) is 12.2. The number of benzene rings is 8. The molecular formula is C48H32N2S. The summed E-state index contributed by atoms with van der Waals surface area (Å²) in [6.07, 6.45) is 0. The second-order valence-corrected chi connectivity index (χ2v) is 14.0. The van der Waals surface area contributed by atoms with Crippen LogP contribution in [0.3, 0.4) is 0 Å². The first kappa shape index (κ1) is 29.5. The van der Waals surface area contributed by atoms with E-state index in [0.29, 0.717) is 0 Å². The highest BCUT2D eigenvalue weighted by molar-refractivity contribution is 7.26. The number of hydrogen-bond donors (Lipinski definition) is 0. The average molecular weight is 669 g/mol. The number of anilines is 3. The van der Waals surface area contributed by atoms with E-state index < -0.39 is 0 Å². The van der Waals surface area contributed by atoms with E-state index in [1.54, 1.807) is 0 Å². The Morgan fingerprint density at radius 2 is 1.02 bits per heavy atom. The molecule has 8 aromatic carbocycles. The lowest BCUT2D eigenvalue weighted by Gasteiger charge is -2.26. The molecule has 0 atom stereocenters. The Bertz CT molecular complexity index is 2850. The zero-order valence-electron chi connectivity index (χ0n) is 27.8. The summed E-state index contributed by atoms with van der Waals surface area (Å²) in [4.78, 5) is 2.39. The zero-order valence-corrected chi connectivity index (χ0v) is 28.6. The molecule has 0 amide bonds. The van der Waals surface area contributed by atoms with Crippen molar-refractivity contribution < 1.29 is 0 Å². The van der Waals surface area contributed by atoms with Crippen LogP contribution in [0.25, 0.3) is 69.9 Å². The molecule has 0 fully saturated rings. The van der Waals surface area contributed by atoms with E-state index in [0.717, 1.165) is 11.4 Å². The van der Waals surface area contributed by atoms with E-state index in [2.05, 4.69) is 204 Å². The van der Waals surface area contributed by atoms with E-state index in [9.17, 15) is 0 Å². The summed E-state index contributed by atoms with van der Waals surface area (Å²) in [5.41, 5.74) is 11.8. The summed E-state index contributed by atoms with van der Waals surface area (Å²) in [6, 6.07) is 70.3. The van der Waals surface area contributed by atoms with Crippen molar-refractivity contribution in [2.45, 2.75) is 0 Å². The molecule has 10 rings (SSSR count). The molecule has 0 aliphatic carbocycles. The number of para-hydroxylation sites is 3. The van der Waals surface area contributed by atoms with Gasteiger partial charge in [0.2, 0.25) is 0 Å². The predicted octanol–water partition coefficient (Wildman–Crippen LogP) is 14.0. The molecular weight excluding hydrogens is 637 g/mol. The van der Waals surface area contributed by atoms with Gasteiger partial charge in [-0.05, 0) is 77.4 Å². The van der Waals surface area contributed by atoms with Crippen molar-refractivity contribution in [3.63, 3.8) is 0 Å². The van der Waals surface area contributed by atoms with E-state index in [4.69, 9.17) is 0 Å². The van der Waals surface area contributed by atoms with Gasteiger partial charge < -0.3 is 9.47 Å². The van der Waals surface area contributed by atoms with Gasteiger partial charge in [-0.2, -0.15) is 0 Å². The maximum absolute atomic E-state index is 2.43. The van der Waals surface area contributed by atoms with Crippen molar-refractivity contribution in [2.24, 2.45) is 0 Å². The van der Waals surface area contributed by atoms with Gasteiger partial charge in [0.1, 0.15) is 0 Å². The fraction of sp³-hybridized carbons (Fsp3) is 0. The Kier molecular flexibility index (Phi) is 7.04. The van der Waals surface area contributed by atoms with Crippen molar-refractivity contribution in [3.8, 4) is 27.9 Å². The molecule has 0 spiro atoms. The first-order valence-corrected chi connectivity index (χ1v) is 18.2. The Balaban J connectivity index is 1.11. The molecule has 0 aliphatic rings. The van der Waals surface area contributed by atoms with Crippen LogP contribution in [0.4, 0.5) is 17.1 Å². The van der Waals surface area contributed by atoms with Gasteiger partial charge in [-0.1, -0.05) is 133 Å². The topological polar surface area (TPSA) is 8.17 Å². The van der Waals surface area contributed by atoms with Gasteiger partial charge in [-0.25, -0.2) is 0 Å². The maximum atomic E-state index is 2.43. The molecule has 10 aromatic rings. The molecule has 2 nitrogen and oxygen atoms in total. The maximum Gasteiger partial charge on any atom is 0.0640 e. The molecule has 0 saturated heterocycles. The summed E-state index contributed by atoms with van der Waals surface area (Å²) in [5.74, 6) is 0. The van der Waals surface area contributed by atoms with Gasteiger partial charge in [0, 0.05) is 43.2 Å². The number of rotatable bonds is 6. The van der Waals surface area contributed by atoms with E-state index in [1.165, 1.54) is 75.6 Å². The van der Waals surface area contributed by atoms with Crippen molar-refractivity contribution in [3.05, 3.63) is 194 Å². The number of hydrogen-bond acceptors (Lipinski definition) is 2. The normalized spacial score (nSPS) is 11.5. The Morgan fingerprint density at radius 1 is 0.392 bits per heavy atom. The van der Waals surface area contributed by atoms with E-state index in [-0.39, 0.29) is 0 Å². The van der Waals surface area contributed by atoms with E-state index >= 15 is 0 Å². The number of nitrogens with zero attached hydrogens (tertiary/aromatic N) is 2. The van der Waals surface area contributed by atoms with Crippen LogP contribution in [0.5, 0.6) is 0 Å². The van der Waals surface area contributed by atoms with Crippen LogP contribution in [0, 0.1) is 0 Å². The molecule has 2 heterocycles. The van der Waals surface area contributed by atoms with Crippen LogP contribution in [0.15, 0.2) is 194 Å². The SMILES string of the molecule is c1ccc(-c2ccc3c(c2)c2ccccc2n3-c2ccccc2-c2ccc(N(c3ccccc3)c3cccc4c3sc3ccccc34)cc2)cc1. The molecule has 2 aromatic heterocycles.